The molecule has 0 amide bonds. The summed E-state index contributed by atoms with van der Waals surface area (Å²) in [4.78, 5) is 9.29. The largest absolute Gasteiger partial charge is 0.458 e. The van der Waals surface area contributed by atoms with E-state index in [-0.39, 0.29) is 0 Å². The van der Waals surface area contributed by atoms with Crippen LogP contribution in [0.3, 0.4) is 0 Å². The van der Waals surface area contributed by atoms with Crippen LogP contribution in [0.25, 0.3) is 0 Å². The SMILES string of the molecule is NCc1ccnc(OCc2cccs2)n1. The molecule has 0 aliphatic heterocycles. The topological polar surface area (TPSA) is 61.0 Å². The summed E-state index contributed by atoms with van der Waals surface area (Å²) >= 11 is 1.65. The van der Waals surface area contributed by atoms with E-state index in [1.54, 1.807) is 23.6 Å². The Kier molecular flexibility index (Phi) is 3.26. The number of rotatable bonds is 4. The van der Waals surface area contributed by atoms with Crippen molar-refractivity contribution >= 4 is 11.3 Å². The van der Waals surface area contributed by atoms with Gasteiger partial charge in [-0.25, -0.2) is 4.98 Å². The van der Waals surface area contributed by atoms with Gasteiger partial charge in [-0.05, 0) is 17.5 Å². The Morgan fingerprint density at radius 3 is 3.07 bits per heavy atom. The fourth-order valence-corrected chi connectivity index (χ4v) is 1.71. The van der Waals surface area contributed by atoms with Gasteiger partial charge in [0.1, 0.15) is 6.61 Å². The molecule has 2 aromatic heterocycles. The zero-order valence-electron chi connectivity index (χ0n) is 8.09. The molecule has 0 atom stereocenters. The number of nitrogens with two attached hydrogens (primary N) is 1. The Bertz CT molecular complexity index is 416. The maximum absolute atomic E-state index is 5.47. The van der Waals surface area contributed by atoms with Gasteiger partial charge in [0.15, 0.2) is 0 Å². The molecule has 0 saturated heterocycles. The quantitative estimate of drug-likeness (QED) is 0.851. The molecular weight excluding hydrogens is 210 g/mol. The molecule has 78 valence electrons. The van der Waals surface area contributed by atoms with E-state index >= 15 is 0 Å². The third kappa shape index (κ3) is 2.74. The highest BCUT2D eigenvalue weighted by molar-refractivity contribution is 7.09. The van der Waals surface area contributed by atoms with Crippen LogP contribution in [0, 0.1) is 0 Å². The van der Waals surface area contributed by atoms with Gasteiger partial charge in [0, 0.05) is 17.6 Å². The summed E-state index contributed by atoms with van der Waals surface area (Å²) in [7, 11) is 0. The molecule has 0 aliphatic carbocycles. The minimum absolute atomic E-state index is 0.381. The highest BCUT2D eigenvalue weighted by atomic mass is 32.1. The fraction of sp³-hybridized carbons (Fsp3) is 0.200. The van der Waals surface area contributed by atoms with Gasteiger partial charge >= 0.3 is 6.01 Å². The van der Waals surface area contributed by atoms with Crippen LogP contribution < -0.4 is 10.5 Å². The van der Waals surface area contributed by atoms with E-state index in [1.165, 1.54) is 0 Å². The number of hydrogen-bond acceptors (Lipinski definition) is 5. The van der Waals surface area contributed by atoms with Crippen molar-refractivity contribution < 1.29 is 4.74 Å². The maximum atomic E-state index is 5.47. The van der Waals surface area contributed by atoms with Crippen molar-refractivity contribution in [2.75, 3.05) is 0 Å². The molecule has 0 fully saturated rings. The van der Waals surface area contributed by atoms with E-state index < -0.39 is 0 Å². The Balaban J connectivity index is 1.98. The lowest BCUT2D eigenvalue weighted by atomic mass is 10.4. The molecule has 0 bridgehead atoms. The third-order valence-electron chi connectivity index (χ3n) is 1.82. The smallest absolute Gasteiger partial charge is 0.316 e. The predicted octanol–water partition coefficient (Wildman–Crippen LogP) is 1.58. The number of aromatic nitrogens is 2. The first-order chi connectivity index (χ1) is 7.38. The average Bonchev–Trinajstić information content (AvgIpc) is 2.79. The molecule has 15 heavy (non-hydrogen) atoms. The van der Waals surface area contributed by atoms with Gasteiger partial charge in [-0.15, -0.1) is 11.3 Å². The standard InChI is InChI=1S/C10H11N3OS/c11-6-8-3-4-12-10(13-8)14-7-9-2-1-5-15-9/h1-5H,6-7,11H2. The van der Waals surface area contributed by atoms with Crippen LogP contribution in [-0.4, -0.2) is 9.97 Å². The Labute approximate surface area is 91.8 Å². The minimum Gasteiger partial charge on any atom is -0.458 e. The van der Waals surface area contributed by atoms with Gasteiger partial charge in [-0.1, -0.05) is 6.07 Å². The highest BCUT2D eigenvalue weighted by Gasteiger charge is 2.00. The molecule has 4 nitrogen and oxygen atoms in total. The number of hydrogen-bond donors (Lipinski definition) is 1. The van der Waals surface area contributed by atoms with E-state index in [0.29, 0.717) is 19.2 Å². The summed E-state index contributed by atoms with van der Waals surface area (Å²) in [6, 6.07) is 6.15. The minimum atomic E-state index is 0.381. The molecule has 0 aromatic carbocycles. The zero-order chi connectivity index (χ0) is 10.5. The molecule has 5 heteroatoms. The first-order valence-electron chi connectivity index (χ1n) is 4.55. The van der Waals surface area contributed by atoms with Gasteiger partial charge < -0.3 is 10.5 Å². The van der Waals surface area contributed by atoms with Crippen molar-refractivity contribution in [1.29, 1.82) is 0 Å². The first-order valence-corrected chi connectivity index (χ1v) is 5.43. The first kappa shape index (κ1) is 10.1. The molecule has 0 saturated carbocycles. The second kappa shape index (κ2) is 4.86. The molecule has 0 unspecified atom stereocenters. The summed E-state index contributed by atoms with van der Waals surface area (Å²) in [6.45, 7) is 0.906. The van der Waals surface area contributed by atoms with Gasteiger partial charge in [0.25, 0.3) is 0 Å². The number of nitrogens with zero attached hydrogens (tertiary/aromatic N) is 2. The van der Waals surface area contributed by atoms with E-state index in [0.717, 1.165) is 10.6 Å². The predicted molar refractivity (Wildman–Crippen MR) is 58.6 cm³/mol. The van der Waals surface area contributed by atoms with Gasteiger partial charge in [-0.2, -0.15) is 4.98 Å². The second-order valence-electron chi connectivity index (χ2n) is 2.90. The highest BCUT2D eigenvalue weighted by Crippen LogP contribution is 2.11. The zero-order valence-corrected chi connectivity index (χ0v) is 8.91. The Hall–Kier alpha value is -1.46. The summed E-state index contributed by atoms with van der Waals surface area (Å²) in [5, 5.41) is 2.01. The van der Waals surface area contributed by atoms with E-state index in [4.69, 9.17) is 10.5 Å². The van der Waals surface area contributed by atoms with Crippen LogP contribution in [0.4, 0.5) is 0 Å². The number of thiophene rings is 1. The van der Waals surface area contributed by atoms with E-state index in [1.807, 2.05) is 17.5 Å². The van der Waals surface area contributed by atoms with Crippen molar-refractivity contribution in [2.45, 2.75) is 13.2 Å². The van der Waals surface area contributed by atoms with Crippen molar-refractivity contribution in [2.24, 2.45) is 5.73 Å². The summed E-state index contributed by atoms with van der Waals surface area (Å²) < 4.78 is 5.43. The van der Waals surface area contributed by atoms with Crippen LogP contribution in [0.5, 0.6) is 6.01 Å². The number of ether oxygens (including phenoxy) is 1. The van der Waals surface area contributed by atoms with Crippen molar-refractivity contribution in [3.63, 3.8) is 0 Å². The van der Waals surface area contributed by atoms with Crippen LogP contribution in [0.2, 0.25) is 0 Å². The summed E-state index contributed by atoms with van der Waals surface area (Å²) in [5.41, 5.74) is 6.25. The van der Waals surface area contributed by atoms with Crippen LogP contribution in [-0.2, 0) is 13.2 Å². The van der Waals surface area contributed by atoms with Crippen LogP contribution in [0.15, 0.2) is 29.8 Å². The van der Waals surface area contributed by atoms with Crippen LogP contribution in [0.1, 0.15) is 10.6 Å². The normalized spacial score (nSPS) is 10.2. The van der Waals surface area contributed by atoms with Crippen molar-refractivity contribution in [1.82, 2.24) is 9.97 Å². The Morgan fingerprint density at radius 2 is 2.33 bits per heavy atom. The van der Waals surface area contributed by atoms with Gasteiger partial charge in [-0.3, -0.25) is 0 Å². The monoisotopic (exact) mass is 221 g/mol. The molecule has 0 spiro atoms. The third-order valence-corrected chi connectivity index (χ3v) is 2.67. The summed E-state index contributed by atoms with van der Waals surface area (Å²) in [5.74, 6) is 0. The lowest BCUT2D eigenvalue weighted by Gasteiger charge is -2.03. The Morgan fingerprint density at radius 1 is 1.40 bits per heavy atom. The van der Waals surface area contributed by atoms with Gasteiger partial charge in [0.2, 0.25) is 0 Å². The maximum Gasteiger partial charge on any atom is 0.316 e. The van der Waals surface area contributed by atoms with E-state index in [9.17, 15) is 0 Å². The fourth-order valence-electron chi connectivity index (χ4n) is 1.09. The van der Waals surface area contributed by atoms with E-state index in [2.05, 4.69) is 9.97 Å². The molecule has 0 aliphatic rings. The molecular formula is C10H11N3OS. The second-order valence-corrected chi connectivity index (χ2v) is 3.93. The molecule has 2 heterocycles. The van der Waals surface area contributed by atoms with Crippen molar-refractivity contribution in [3.05, 3.63) is 40.3 Å². The molecule has 0 radical (unpaired) electrons. The molecule has 2 rings (SSSR count). The average molecular weight is 221 g/mol. The molecule has 2 aromatic rings. The summed E-state index contributed by atoms with van der Waals surface area (Å²) in [6.07, 6.45) is 1.65. The lowest BCUT2D eigenvalue weighted by Crippen LogP contribution is -2.03. The molecule has 2 N–H and O–H groups in total. The lowest BCUT2D eigenvalue weighted by molar-refractivity contribution is 0.283. The van der Waals surface area contributed by atoms with Crippen molar-refractivity contribution in [3.8, 4) is 6.01 Å². The van der Waals surface area contributed by atoms with Crippen LogP contribution >= 0.6 is 11.3 Å². The van der Waals surface area contributed by atoms with Gasteiger partial charge in [0.05, 0.1) is 5.69 Å².